The number of hydrogen-bond donors (Lipinski definition) is 1. The van der Waals surface area contributed by atoms with Gasteiger partial charge in [-0.05, 0) is 49.0 Å². The first-order valence-electron chi connectivity index (χ1n) is 9.31. The van der Waals surface area contributed by atoms with Crippen LogP contribution in [0, 0.1) is 5.92 Å². The molecule has 0 radical (unpaired) electrons. The smallest absolute Gasteiger partial charge is 0.141 e. The van der Waals surface area contributed by atoms with Crippen molar-refractivity contribution in [2.24, 2.45) is 11.7 Å². The van der Waals surface area contributed by atoms with E-state index in [4.69, 9.17) is 5.73 Å². The molecule has 0 spiro atoms. The van der Waals surface area contributed by atoms with Gasteiger partial charge < -0.3 is 5.73 Å². The molecule has 1 atom stereocenters. The Kier molecular flexibility index (Phi) is 6.37. The van der Waals surface area contributed by atoms with Crippen molar-refractivity contribution in [2.75, 3.05) is 19.6 Å². The topological polar surface area (TPSA) is 46.3 Å². The van der Waals surface area contributed by atoms with Gasteiger partial charge >= 0.3 is 0 Å². The van der Waals surface area contributed by atoms with Crippen LogP contribution in [0.1, 0.15) is 29.5 Å². The number of nitrogens with two attached hydrogens (primary N) is 1. The SMILES string of the molecule is NCCc1cccc(CN2CCC[C@H](C(=O)Cc3ccccc3)C2)c1. The lowest BCUT2D eigenvalue weighted by Gasteiger charge is -2.32. The van der Waals surface area contributed by atoms with Crippen molar-refractivity contribution in [3.63, 3.8) is 0 Å². The van der Waals surface area contributed by atoms with Gasteiger partial charge in [0.05, 0.1) is 0 Å². The first kappa shape index (κ1) is 17.8. The molecule has 25 heavy (non-hydrogen) atoms. The molecule has 1 aliphatic heterocycles. The lowest BCUT2D eigenvalue weighted by atomic mass is 9.90. The molecule has 132 valence electrons. The lowest BCUT2D eigenvalue weighted by molar-refractivity contribution is -0.123. The molecule has 2 N–H and O–H groups in total. The number of piperidine rings is 1. The predicted molar refractivity (Wildman–Crippen MR) is 102 cm³/mol. The summed E-state index contributed by atoms with van der Waals surface area (Å²) in [7, 11) is 0. The highest BCUT2D eigenvalue weighted by Gasteiger charge is 2.25. The first-order chi connectivity index (χ1) is 12.2. The minimum Gasteiger partial charge on any atom is -0.330 e. The number of benzene rings is 2. The molecule has 0 saturated carbocycles. The fourth-order valence-corrected chi connectivity index (χ4v) is 3.71. The summed E-state index contributed by atoms with van der Waals surface area (Å²) in [5.74, 6) is 0.550. The second kappa shape index (κ2) is 8.93. The summed E-state index contributed by atoms with van der Waals surface area (Å²) in [5.41, 5.74) is 9.41. The quantitative estimate of drug-likeness (QED) is 0.844. The van der Waals surface area contributed by atoms with Gasteiger partial charge in [0.25, 0.3) is 0 Å². The molecule has 2 aromatic rings. The molecule has 1 saturated heterocycles. The van der Waals surface area contributed by atoms with Gasteiger partial charge in [-0.25, -0.2) is 0 Å². The Labute approximate surface area is 150 Å². The number of carbonyl (C=O) groups is 1. The second-order valence-corrected chi connectivity index (χ2v) is 7.06. The molecule has 0 unspecified atom stereocenters. The molecule has 2 aromatic carbocycles. The van der Waals surface area contributed by atoms with Crippen LogP contribution in [0.3, 0.4) is 0 Å². The van der Waals surface area contributed by atoms with Crippen LogP contribution in [0.25, 0.3) is 0 Å². The van der Waals surface area contributed by atoms with Crippen molar-refractivity contribution in [2.45, 2.75) is 32.2 Å². The third kappa shape index (κ3) is 5.25. The van der Waals surface area contributed by atoms with Gasteiger partial charge in [-0.15, -0.1) is 0 Å². The molecule has 1 heterocycles. The van der Waals surface area contributed by atoms with E-state index in [1.807, 2.05) is 30.3 Å². The molecule has 0 bridgehead atoms. The van der Waals surface area contributed by atoms with Crippen LogP contribution in [-0.4, -0.2) is 30.3 Å². The Morgan fingerprint density at radius 2 is 1.80 bits per heavy atom. The number of hydrogen-bond acceptors (Lipinski definition) is 3. The standard InChI is InChI=1S/C22H28N2O/c23-12-11-19-8-4-9-20(14-19)16-24-13-5-10-21(17-24)22(25)15-18-6-2-1-3-7-18/h1-4,6-9,14,21H,5,10-13,15-17,23H2/t21-/m0/s1. The summed E-state index contributed by atoms with van der Waals surface area (Å²) in [6, 6.07) is 18.8. The number of likely N-dealkylation sites (tertiary alicyclic amines) is 1. The highest BCUT2D eigenvalue weighted by molar-refractivity contribution is 5.83. The van der Waals surface area contributed by atoms with Gasteiger partial charge in [0.1, 0.15) is 5.78 Å². The number of rotatable bonds is 7. The minimum absolute atomic E-state index is 0.168. The Morgan fingerprint density at radius 3 is 2.60 bits per heavy atom. The third-order valence-electron chi connectivity index (χ3n) is 5.01. The maximum Gasteiger partial charge on any atom is 0.141 e. The van der Waals surface area contributed by atoms with Crippen molar-refractivity contribution in [3.8, 4) is 0 Å². The van der Waals surface area contributed by atoms with Crippen LogP contribution in [0.2, 0.25) is 0 Å². The maximum absolute atomic E-state index is 12.7. The van der Waals surface area contributed by atoms with E-state index in [1.165, 1.54) is 11.1 Å². The van der Waals surface area contributed by atoms with E-state index in [9.17, 15) is 4.79 Å². The van der Waals surface area contributed by atoms with Crippen molar-refractivity contribution in [3.05, 3.63) is 71.3 Å². The van der Waals surface area contributed by atoms with E-state index in [2.05, 4.69) is 29.2 Å². The zero-order valence-corrected chi connectivity index (χ0v) is 14.9. The molecular formula is C22H28N2O. The number of ketones is 1. The van der Waals surface area contributed by atoms with E-state index in [1.54, 1.807) is 0 Å². The minimum atomic E-state index is 0.168. The van der Waals surface area contributed by atoms with Crippen LogP contribution in [0.5, 0.6) is 0 Å². The summed E-state index contributed by atoms with van der Waals surface area (Å²) in [4.78, 5) is 15.1. The van der Waals surface area contributed by atoms with Crippen molar-refractivity contribution >= 4 is 5.78 Å². The normalized spacial score (nSPS) is 18.2. The summed E-state index contributed by atoms with van der Waals surface area (Å²) < 4.78 is 0. The monoisotopic (exact) mass is 336 g/mol. The van der Waals surface area contributed by atoms with Gasteiger partial charge in [-0.1, -0.05) is 54.6 Å². The van der Waals surface area contributed by atoms with Gasteiger partial charge in [0.2, 0.25) is 0 Å². The summed E-state index contributed by atoms with van der Waals surface area (Å²) in [6.45, 7) is 3.57. The Balaban J connectivity index is 1.57. The highest BCUT2D eigenvalue weighted by atomic mass is 16.1. The summed E-state index contributed by atoms with van der Waals surface area (Å²) in [6.07, 6.45) is 3.61. The Hall–Kier alpha value is -1.97. The van der Waals surface area contributed by atoms with E-state index in [-0.39, 0.29) is 5.92 Å². The van der Waals surface area contributed by atoms with E-state index in [0.29, 0.717) is 18.7 Å². The largest absolute Gasteiger partial charge is 0.330 e. The molecule has 3 heteroatoms. The third-order valence-corrected chi connectivity index (χ3v) is 5.01. The molecule has 0 aliphatic carbocycles. The van der Waals surface area contributed by atoms with Crippen molar-refractivity contribution < 1.29 is 4.79 Å². The van der Waals surface area contributed by atoms with Crippen LogP contribution >= 0.6 is 0 Å². The molecular weight excluding hydrogens is 308 g/mol. The average Bonchev–Trinajstić information content (AvgIpc) is 2.63. The fourth-order valence-electron chi connectivity index (χ4n) is 3.71. The van der Waals surface area contributed by atoms with Crippen LogP contribution < -0.4 is 5.73 Å². The first-order valence-corrected chi connectivity index (χ1v) is 9.31. The summed E-state index contributed by atoms with van der Waals surface area (Å²) in [5, 5.41) is 0. The zero-order valence-electron chi connectivity index (χ0n) is 14.9. The zero-order chi connectivity index (χ0) is 17.5. The molecule has 1 aliphatic rings. The lowest BCUT2D eigenvalue weighted by Crippen LogP contribution is -2.38. The number of carbonyl (C=O) groups excluding carboxylic acids is 1. The number of Topliss-reactive ketones (excluding diaryl/α,β-unsaturated/α-hetero) is 1. The molecule has 0 amide bonds. The predicted octanol–water partition coefficient (Wildman–Crippen LogP) is 3.21. The van der Waals surface area contributed by atoms with Gasteiger partial charge in [-0.2, -0.15) is 0 Å². The average molecular weight is 336 g/mol. The Morgan fingerprint density at radius 1 is 1.04 bits per heavy atom. The molecule has 0 aromatic heterocycles. The van der Waals surface area contributed by atoms with E-state index >= 15 is 0 Å². The van der Waals surface area contributed by atoms with Gasteiger partial charge in [0, 0.05) is 25.4 Å². The van der Waals surface area contributed by atoms with Gasteiger partial charge in [-0.3, -0.25) is 9.69 Å². The maximum atomic E-state index is 12.7. The van der Waals surface area contributed by atoms with E-state index in [0.717, 1.165) is 44.5 Å². The fraction of sp³-hybridized carbons (Fsp3) is 0.409. The highest BCUT2D eigenvalue weighted by Crippen LogP contribution is 2.21. The van der Waals surface area contributed by atoms with E-state index < -0.39 is 0 Å². The Bertz CT molecular complexity index is 683. The molecule has 3 rings (SSSR count). The molecule has 1 fully saturated rings. The van der Waals surface area contributed by atoms with Crippen molar-refractivity contribution in [1.29, 1.82) is 0 Å². The van der Waals surface area contributed by atoms with Crippen LogP contribution in [0.4, 0.5) is 0 Å². The second-order valence-electron chi connectivity index (χ2n) is 7.06. The molecule has 3 nitrogen and oxygen atoms in total. The summed E-state index contributed by atoms with van der Waals surface area (Å²) >= 11 is 0. The number of nitrogens with zero attached hydrogens (tertiary/aromatic N) is 1. The van der Waals surface area contributed by atoms with Crippen molar-refractivity contribution in [1.82, 2.24) is 4.90 Å². The van der Waals surface area contributed by atoms with Crippen LogP contribution in [-0.2, 0) is 24.2 Å². The van der Waals surface area contributed by atoms with Crippen LogP contribution in [0.15, 0.2) is 54.6 Å². The van der Waals surface area contributed by atoms with Gasteiger partial charge in [0.15, 0.2) is 0 Å².